The van der Waals surface area contributed by atoms with Gasteiger partial charge in [-0.25, -0.2) is 8.42 Å². The molecule has 1 aliphatic heterocycles. The number of rotatable bonds is 3. The van der Waals surface area contributed by atoms with Crippen LogP contribution in [-0.2, 0) is 9.84 Å². The Bertz CT molecular complexity index is 288. The molecular formula is C11H21NO2S. The SMILES string of the molecule is O=S(=O)(CC1CCCN1)C1CCCCC1. The average molecular weight is 231 g/mol. The van der Waals surface area contributed by atoms with Crippen molar-refractivity contribution in [3.05, 3.63) is 0 Å². The van der Waals surface area contributed by atoms with E-state index in [-0.39, 0.29) is 11.3 Å². The molecule has 15 heavy (non-hydrogen) atoms. The van der Waals surface area contributed by atoms with Gasteiger partial charge in [0.2, 0.25) is 0 Å². The molecule has 0 aromatic carbocycles. The lowest BCUT2D eigenvalue weighted by atomic mass is 10.0. The summed E-state index contributed by atoms with van der Waals surface area (Å²) < 4.78 is 24.2. The summed E-state index contributed by atoms with van der Waals surface area (Å²) in [6.45, 7) is 0.991. The van der Waals surface area contributed by atoms with Crippen molar-refractivity contribution in [1.29, 1.82) is 0 Å². The van der Waals surface area contributed by atoms with E-state index in [4.69, 9.17) is 0 Å². The molecule has 1 atom stereocenters. The Balaban J connectivity index is 1.92. The van der Waals surface area contributed by atoms with Crippen molar-refractivity contribution in [2.75, 3.05) is 12.3 Å². The molecule has 0 amide bonds. The lowest BCUT2D eigenvalue weighted by molar-refractivity contribution is 0.479. The van der Waals surface area contributed by atoms with Crippen molar-refractivity contribution in [2.24, 2.45) is 0 Å². The van der Waals surface area contributed by atoms with E-state index in [9.17, 15) is 8.42 Å². The molecule has 0 spiro atoms. The van der Waals surface area contributed by atoms with Crippen molar-refractivity contribution in [3.8, 4) is 0 Å². The first-order valence-corrected chi connectivity index (χ1v) is 7.85. The summed E-state index contributed by atoms with van der Waals surface area (Å²) in [5.74, 6) is 0.373. The zero-order valence-corrected chi connectivity index (χ0v) is 10.1. The monoisotopic (exact) mass is 231 g/mol. The van der Waals surface area contributed by atoms with Gasteiger partial charge < -0.3 is 5.32 Å². The molecule has 1 aliphatic carbocycles. The Labute approximate surface area is 92.6 Å². The third kappa shape index (κ3) is 2.94. The van der Waals surface area contributed by atoms with E-state index >= 15 is 0 Å². The fourth-order valence-electron chi connectivity index (χ4n) is 2.74. The zero-order chi connectivity index (χ0) is 10.7. The van der Waals surface area contributed by atoms with Gasteiger partial charge in [0.1, 0.15) is 0 Å². The van der Waals surface area contributed by atoms with Crippen molar-refractivity contribution >= 4 is 9.84 Å². The predicted molar refractivity (Wildman–Crippen MR) is 61.7 cm³/mol. The molecule has 0 bridgehead atoms. The summed E-state index contributed by atoms with van der Waals surface area (Å²) in [7, 11) is -2.83. The normalized spacial score (nSPS) is 29.5. The molecule has 1 heterocycles. The van der Waals surface area contributed by atoms with Gasteiger partial charge in [0.25, 0.3) is 0 Å². The smallest absolute Gasteiger partial charge is 0.154 e. The second-order valence-corrected chi connectivity index (χ2v) is 7.21. The van der Waals surface area contributed by atoms with E-state index in [1.54, 1.807) is 0 Å². The minimum absolute atomic E-state index is 0.0337. The summed E-state index contributed by atoms with van der Waals surface area (Å²) in [6, 6.07) is 0.233. The molecule has 2 rings (SSSR count). The summed E-state index contributed by atoms with van der Waals surface area (Å²) in [5.41, 5.74) is 0. The molecule has 88 valence electrons. The lowest BCUT2D eigenvalue weighted by Gasteiger charge is -2.23. The van der Waals surface area contributed by atoms with Crippen LogP contribution in [0.4, 0.5) is 0 Å². The van der Waals surface area contributed by atoms with Crippen LogP contribution in [0.3, 0.4) is 0 Å². The van der Waals surface area contributed by atoms with E-state index in [1.807, 2.05) is 0 Å². The molecule has 1 unspecified atom stereocenters. The van der Waals surface area contributed by atoms with E-state index in [0.29, 0.717) is 5.75 Å². The highest BCUT2D eigenvalue weighted by atomic mass is 32.2. The number of hydrogen-bond donors (Lipinski definition) is 1. The largest absolute Gasteiger partial charge is 0.313 e. The number of nitrogens with one attached hydrogen (secondary N) is 1. The quantitative estimate of drug-likeness (QED) is 0.800. The third-order valence-corrected chi connectivity index (χ3v) is 6.01. The molecule has 1 saturated carbocycles. The van der Waals surface area contributed by atoms with E-state index in [2.05, 4.69) is 5.32 Å². The van der Waals surface area contributed by atoms with Gasteiger partial charge in [-0.1, -0.05) is 19.3 Å². The van der Waals surface area contributed by atoms with Crippen LogP contribution >= 0.6 is 0 Å². The van der Waals surface area contributed by atoms with Gasteiger partial charge in [-0.2, -0.15) is 0 Å². The maximum atomic E-state index is 12.1. The van der Waals surface area contributed by atoms with Gasteiger partial charge in [-0.05, 0) is 32.2 Å². The molecule has 1 saturated heterocycles. The predicted octanol–water partition coefficient (Wildman–Crippen LogP) is 1.49. The van der Waals surface area contributed by atoms with E-state index in [0.717, 1.165) is 45.1 Å². The van der Waals surface area contributed by atoms with Crippen molar-refractivity contribution < 1.29 is 8.42 Å². The fourth-order valence-corrected chi connectivity index (χ4v) is 4.91. The molecule has 0 aromatic rings. The van der Waals surface area contributed by atoms with Gasteiger partial charge in [0.05, 0.1) is 11.0 Å². The van der Waals surface area contributed by atoms with Crippen LogP contribution in [0.1, 0.15) is 44.9 Å². The average Bonchev–Trinajstić information content (AvgIpc) is 2.71. The molecule has 2 aliphatic rings. The van der Waals surface area contributed by atoms with E-state index < -0.39 is 9.84 Å². The summed E-state index contributed by atoms with van der Waals surface area (Å²) in [5, 5.41) is 3.24. The topological polar surface area (TPSA) is 46.2 Å². The summed E-state index contributed by atoms with van der Waals surface area (Å²) >= 11 is 0. The number of hydrogen-bond acceptors (Lipinski definition) is 3. The van der Waals surface area contributed by atoms with Crippen LogP contribution < -0.4 is 5.32 Å². The Morgan fingerprint density at radius 3 is 2.33 bits per heavy atom. The van der Waals surface area contributed by atoms with Crippen LogP contribution in [0.15, 0.2) is 0 Å². The molecule has 1 N–H and O–H groups in total. The first kappa shape index (κ1) is 11.4. The Kier molecular flexibility index (Phi) is 3.67. The van der Waals surface area contributed by atoms with Crippen LogP contribution in [-0.4, -0.2) is 32.0 Å². The third-order valence-electron chi connectivity index (χ3n) is 3.66. The minimum Gasteiger partial charge on any atom is -0.313 e. The van der Waals surface area contributed by atoms with Crippen LogP contribution in [0.5, 0.6) is 0 Å². The molecule has 3 nitrogen and oxygen atoms in total. The molecule has 0 radical (unpaired) electrons. The van der Waals surface area contributed by atoms with Crippen LogP contribution in [0.2, 0.25) is 0 Å². The maximum Gasteiger partial charge on any atom is 0.154 e. The van der Waals surface area contributed by atoms with Gasteiger partial charge in [-0.3, -0.25) is 0 Å². The first-order chi connectivity index (χ1) is 7.18. The van der Waals surface area contributed by atoms with Gasteiger partial charge >= 0.3 is 0 Å². The second kappa shape index (κ2) is 4.83. The molecule has 4 heteroatoms. The summed E-state index contributed by atoms with van der Waals surface area (Å²) in [4.78, 5) is 0. The van der Waals surface area contributed by atoms with Crippen molar-refractivity contribution in [3.63, 3.8) is 0 Å². The first-order valence-electron chi connectivity index (χ1n) is 6.13. The highest BCUT2D eigenvalue weighted by molar-refractivity contribution is 7.92. The van der Waals surface area contributed by atoms with Crippen LogP contribution in [0, 0.1) is 0 Å². The zero-order valence-electron chi connectivity index (χ0n) is 9.24. The Hall–Kier alpha value is -0.0900. The minimum atomic E-state index is -2.83. The van der Waals surface area contributed by atoms with Crippen molar-refractivity contribution in [2.45, 2.75) is 56.2 Å². The molecule has 2 fully saturated rings. The van der Waals surface area contributed by atoms with Gasteiger partial charge in [-0.15, -0.1) is 0 Å². The van der Waals surface area contributed by atoms with E-state index in [1.165, 1.54) is 6.42 Å². The van der Waals surface area contributed by atoms with Gasteiger partial charge in [0.15, 0.2) is 9.84 Å². The highest BCUT2D eigenvalue weighted by Crippen LogP contribution is 2.25. The Morgan fingerprint density at radius 2 is 1.73 bits per heavy atom. The second-order valence-electron chi connectivity index (χ2n) is 4.88. The fraction of sp³-hybridized carbons (Fsp3) is 1.00. The summed E-state index contributed by atoms with van der Waals surface area (Å²) in [6.07, 6.45) is 7.37. The lowest BCUT2D eigenvalue weighted by Crippen LogP contribution is -2.35. The standard InChI is InChI=1S/C11H21NO2S/c13-15(14,9-10-5-4-8-12-10)11-6-2-1-3-7-11/h10-12H,1-9H2. The highest BCUT2D eigenvalue weighted by Gasteiger charge is 2.30. The van der Waals surface area contributed by atoms with Gasteiger partial charge in [0, 0.05) is 6.04 Å². The molecule has 0 aromatic heterocycles. The number of sulfone groups is 1. The van der Waals surface area contributed by atoms with Crippen LogP contribution in [0.25, 0.3) is 0 Å². The van der Waals surface area contributed by atoms with Crippen molar-refractivity contribution in [1.82, 2.24) is 5.32 Å². The Morgan fingerprint density at radius 1 is 1.00 bits per heavy atom. The maximum absolute atomic E-state index is 12.1. The molecular weight excluding hydrogens is 210 g/mol.